The fourth-order valence-corrected chi connectivity index (χ4v) is 3.24. The molecule has 1 N–H and O–H groups in total. The number of hydrogen-bond acceptors (Lipinski definition) is 2. The molecule has 1 aliphatic heterocycles. The van der Waals surface area contributed by atoms with Gasteiger partial charge in [0.15, 0.2) is 0 Å². The number of benzene rings is 1. The molecule has 2 rings (SSSR count). The van der Waals surface area contributed by atoms with Gasteiger partial charge in [-0.2, -0.15) is 0 Å². The van der Waals surface area contributed by atoms with Crippen LogP contribution in [0, 0.1) is 13.8 Å². The fourth-order valence-electron chi connectivity index (χ4n) is 3.24. The van der Waals surface area contributed by atoms with Crippen LogP contribution in [0.1, 0.15) is 38.8 Å². The van der Waals surface area contributed by atoms with Crippen molar-refractivity contribution in [2.75, 3.05) is 18.0 Å². The molecule has 0 bridgehead atoms. The molecule has 0 amide bonds. The molecule has 0 aromatic heterocycles. The first kappa shape index (κ1) is 13.4. The maximum Gasteiger partial charge on any atom is 0.0399 e. The summed E-state index contributed by atoms with van der Waals surface area (Å²) in [6, 6.07) is 6.73. The van der Waals surface area contributed by atoms with Crippen molar-refractivity contribution in [3.63, 3.8) is 0 Å². The summed E-state index contributed by atoms with van der Waals surface area (Å²) in [5, 5.41) is 3.72. The molecule has 0 spiro atoms. The molecule has 0 unspecified atom stereocenters. The lowest BCUT2D eigenvalue weighted by Crippen LogP contribution is -2.67. The first-order valence-corrected chi connectivity index (χ1v) is 6.80. The summed E-state index contributed by atoms with van der Waals surface area (Å²) < 4.78 is 0. The number of anilines is 1. The minimum atomic E-state index is 0.151. The molecule has 0 radical (unpaired) electrons. The number of nitrogens with one attached hydrogen (secondary N) is 1. The van der Waals surface area contributed by atoms with E-state index < -0.39 is 0 Å². The predicted molar refractivity (Wildman–Crippen MR) is 79.4 cm³/mol. The van der Waals surface area contributed by atoms with Crippen molar-refractivity contribution in [1.82, 2.24) is 5.32 Å². The Kier molecular flexibility index (Phi) is 3.18. The summed E-state index contributed by atoms with van der Waals surface area (Å²) in [7, 11) is 0. The molecule has 0 aliphatic carbocycles. The number of aryl methyl sites for hydroxylation is 2. The van der Waals surface area contributed by atoms with E-state index in [9.17, 15) is 0 Å². The molecule has 0 saturated carbocycles. The van der Waals surface area contributed by atoms with Gasteiger partial charge in [-0.05, 0) is 58.7 Å². The minimum Gasteiger partial charge on any atom is -0.368 e. The van der Waals surface area contributed by atoms with Crippen molar-refractivity contribution < 1.29 is 0 Å². The molecule has 1 fully saturated rings. The van der Waals surface area contributed by atoms with E-state index in [1.807, 2.05) is 0 Å². The Morgan fingerprint density at radius 1 is 1.00 bits per heavy atom. The van der Waals surface area contributed by atoms with Crippen molar-refractivity contribution >= 4 is 5.69 Å². The highest BCUT2D eigenvalue weighted by molar-refractivity contribution is 5.56. The van der Waals surface area contributed by atoms with E-state index in [1.54, 1.807) is 0 Å². The van der Waals surface area contributed by atoms with Crippen LogP contribution < -0.4 is 10.2 Å². The van der Waals surface area contributed by atoms with Gasteiger partial charge in [0.25, 0.3) is 0 Å². The molecule has 1 saturated heterocycles. The molecule has 1 aliphatic rings. The third kappa shape index (κ3) is 2.86. The van der Waals surface area contributed by atoms with Crippen LogP contribution in [-0.4, -0.2) is 24.2 Å². The van der Waals surface area contributed by atoms with Gasteiger partial charge in [0.2, 0.25) is 0 Å². The van der Waals surface area contributed by atoms with Crippen molar-refractivity contribution in [2.45, 2.75) is 52.6 Å². The van der Waals surface area contributed by atoms with Crippen LogP contribution in [0.3, 0.4) is 0 Å². The first-order valence-electron chi connectivity index (χ1n) is 6.80. The van der Waals surface area contributed by atoms with Gasteiger partial charge >= 0.3 is 0 Å². The van der Waals surface area contributed by atoms with Gasteiger partial charge < -0.3 is 10.2 Å². The van der Waals surface area contributed by atoms with Crippen LogP contribution in [0.2, 0.25) is 0 Å². The standard InChI is InChI=1S/C16H26N2/c1-12-7-8-13(2)14(9-12)18-10-15(3,4)17-16(5,6)11-18/h7-9,17H,10-11H2,1-6H3. The molecule has 2 nitrogen and oxygen atoms in total. The predicted octanol–water partition coefficient (Wildman–Crippen LogP) is 3.27. The van der Waals surface area contributed by atoms with Crippen molar-refractivity contribution in [1.29, 1.82) is 0 Å². The van der Waals surface area contributed by atoms with Crippen LogP contribution in [0.15, 0.2) is 18.2 Å². The lowest BCUT2D eigenvalue weighted by atomic mass is 9.90. The zero-order valence-electron chi connectivity index (χ0n) is 12.6. The maximum atomic E-state index is 3.72. The summed E-state index contributed by atoms with van der Waals surface area (Å²) in [6.45, 7) is 15.6. The average molecular weight is 246 g/mol. The first-order chi connectivity index (χ1) is 8.19. The average Bonchev–Trinajstić information content (AvgIpc) is 2.17. The van der Waals surface area contributed by atoms with E-state index in [1.165, 1.54) is 16.8 Å². The summed E-state index contributed by atoms with van der Waals surface area (Å²) >= 11 is 0. The molecular formula is C16H26N2. The quantitative estimate of drug-likeness (QED) is 0.818. The van der Waals surface area contributed by atoms with E-state index in [-0.39, 0.29) is 11.1 Å². The smallest absolute Gasteiger partial charge is 0.0399 e. The topological polar surface area (TPSA) is 15.3 Å². The summed E-state index contributed by atoms with van der Waals surface area (Å²) in [5.74, 6) is 0. The minimum absolute atomic E-state index is 0.151. The molecule has 1 heterocycles. The van der Waals surface area contributed by atoms with Gasteiger partial charge in [0, 0.05) is 29.9 Å². The molecule has 0 atom stereocenters. The van der Waals surface area contributed by atoms with Crippen molar-refractivity contribution in [3.8, 4) is 0 Å². The lowest BCUT2D eigenvalue weighted by molar-refractivity contribution is 0.226. The maximum absolute atomic E-state index is 3.72. The number of rotatable bonds is 1. The number of nitrogens with zero attached hydrogens (tertiary/aromatic N) is 1. The Bertz CT molecular complexity index is 430. The van der Waals surface area contributed by atoms with Gasteiger partial charge in [-0.25, -0.2) is 0 Å². The second kappa shape index (κ2) is 4.27. The molecule has 100 valence electrons. The third-order valence-electron chi connectivity index (χ3n) is 3.55. The SMILES string of the molecule is Cc1ccc(C)c(N2CC(C)(C)NC(C)(C)C2)c1. The largest absolute Gasteiger partial charge is 0.368 e. The van der Waals surface area contributed by atoms with E-state index >= 15 is 0 Å². The van der Waals surface area contributed by atoms with Gasteiger partial charge in [0.05, 0.1) is 0 Å². The highest BCUT2D eigenvalue weighted by Gasteiger charge is 2.36. The van der Waals surface area contributed by atoms with Gasteiger partial charge in [-0.1, -0.05) is 12.1 Å². The molecular weight excluding hydrogens is 220 g/mol. The molecule has 1 aromatic rings. The van der Waals surface area contributed by atoms with Gasteiger partial charge in [0.1, 0.15) is 0 Å². The van der Waals surface area contributed by atoms with Gasteiger partial charge in [-0.15, -0.1) is 0 Å². The van der Waals surface area contributed by atoms with E-state index in [0.29, 0.717) is 0 Å². The second-order valence-corrected chi connectivity index (χ2v) is 7.04. The Morgan fingerprint density at radius 2 is 1.56 bits per heavy atom. The summed E-state index contributed by atoms with van der Waals surface area (Å²) in [4.78, 5) is 2.53. The van der Waals surface area contributed by atoms with E-state index in [0.717, 1.165) is 13.1 Å². The zero-order valence-corrected chi connectivity index (χ0v) is 12.6. The monoisotopic (exact) mass is 246 g/mol. The zero-order chi connectivity index (χ0) is 13.6. The van der Waals surface area contributed by atoms with Crippen LogP contribution in [0.25, 0.3) is 0 Å². The van der Waals surface area contributed by atoms with Crippen LogP contribution in [0.5, 0.6) is 0 Å². The highest BCUT2D eigenvalue weighted by atomic mass is 15.3. The normalized spacial score (nSPS) is 22.0. The van der Waals surface area contributed by atoms with Crippen molar-refractivity contribution in [3.05, 3.63) is 29.3 Å². The van der Waals surface area contributed by atoms with Gasteiger partial charge in [-0.3, -0.25) is 0 Å². The Labute approximate surface area is 111 Å². The molecule has 2 heteroatoms. The molecule has 1 aromatic carbocycles. The lowest BCUT2D eigenvalue weighted by Gasteiger charge is -2.49. The second-order valence-electron chi connectivity index (χ2n) is 7.04. The van der Waals surface area contributed by atoms with E-state index in [2.05, 4.69) is 70.0 Å². The Hall–Kier alpha value is -1.02. The van der Waals surface area contributed by atoms with Crippen LogP contribution in [-0.2, 0) is 0 Å². The third-order valence-corrected chi connectivity index (χ3v) is 3.55. The number of piperazine rings is 1. The number of hydrogen-bond donors (Lipinski definition) is 1. The summed E-state index contributed by atoms with van der Waals surface area (Å²) in [5.41, 5.74) is 4.40. The van der Waals surface area contributed by atoms with Crippen molar-refractivity contribution in [2.24, 2.45) is 0 Å². The molecule has 18 heavy (non-hydrogen) atoms. The van der Waals surface area contributed by atoms with Crippen LogP contribution in [0.4, 0.5) is 5.69 Å². The van der Waals surface area contributed by atoms with Crippen LogP contribution >= 0.6 is 0 Å². The summed E-state index contributed by atoms with van der Waals surface area (Å²) in [6.07, 6.45) is 0. The van der Waals surface area contributed by atoms with E-state index in [4.69, 9.17) is 0 Å². The Morgan fingerprint density at radius 3 is 2.11 bits per heavy atom. The Balaban J connectivity index is 2.35. The fraction of sp³-hybridized carbons (Fsp3) is 0.625. The highest BCUT2D eigenvalue weighted by Crippen LogP contribution is 2.29.